The minimum absolute atomic E-state index is 0.00125. The second-order valence-corrected chi connectivity index (χ2v) is 4.29. The van der Waals surface area contributed by atoms with E-state index in [1.807, 2.05) is 0 Å². The molecule has 0 amide bonds. The third kappa shape index (κ3) is 3.20. The molecular weight excluding hydrogens is 261 g/mol. The van der Waals surface area contributed by atoms with Crippen LogP contribution in [-0.2, 0) is 17.8 Å². The van der Waals surface area contributed by atoms with Crippen molar-refractivity contribution in [2.45, 2.75) is 19.4 Å². The zero-order valence-electron chi connectivity index (χ0n) is 10.6. The van der Waals surface area contributed by atoms with E-state index in [-0.39, 0.29) is 12.0 Å². The molecule has 0 fully saturated rings. The molecule has 1 heterocycles. The Morgan fingerprint density at radius 2 is 2.30 bits per heavy atom. The Bertz CT molecular complexity index is 673. The van der Waals surface area contributed by atoms with Crippen LogP contribution in [0.25, 0.3) is 0 Å². The Kier molecular flexibility index (Phi) is 4.11. The van der Waals surface area contributed by atoms with Gasteiger partial charge in [-0.25, -0.2) is 9.37 Å². The van der Waals surface area contributed by atoms with Crippen LogP contribution in [0.3, 0.4) is 0 Å². The van der Waals surface area contributed by atoms with Gasteiger partial charge in [-0.3, -0.25) is 4.79 Å². The average Bonchev–Trinajstić information content (AvgIpc) is 2.84. The summed E-state index contributed by atoms with van der Waals surface area (Å²) < 4.78 is 15.3. The van der Waals surface area contributed by atoms with Crippen LogP contribution in [0.2, 0.25) is 0 Å². The molecular formula is C14H12FN3O2. The maximum absolute atomic E-state index is 13.5. The zero-order chi connectivity index (χ0) is 14.5. The number of carboxylic acids is 1. The number of aromatic nitrogens is 2. The molecule has 1 aromatic heterocycles. The molecule has 0 aliphatic heterocycles. The number of carboxylic acid groups (broad SMARTS) is 1. The van der Waals surface area contributed by atoms with Gasteiger partial charge >= 0.3 is 5.97 Å². The second kappa shape index (κ2) is 5.97. The number of benzene rings is 1. The number of hydrogen-bond acceptors (Lipinski definition) is 3. The zero-order valence-corrected chi connectivity index (χ0v) is 10.6. The summed E-state index contributed by atoms with van der Waals surface area (Å²) >= 11 is 0. The number of aryl methyl sites for hydroxylation is 1. The fraction of sp³-hybridized carbons (Fsp3) is 0.214. The van der Waals surface area contributed by atoms with Crippen LogP contribution in [0.5, 0.6) is 0 Å². The molecule has 0 spiro atoms. The highest BCUT2D eigenvalue weighted by Crippen LogP contribution is 2.12. The van der Waals surface area contributed by atoms with Gasteiger partial charge in [0.2, 0.25) is 0 Å². The van der Waals surface area contributed by atoms with Crippen molar-refractivity contribution in [2.24, 2.45) is 0 Å². The monoisotopic (exact) mass is 273 g/mol. The topological polar surface area (TPSA) is 78.9 Å². The van der Waals surface area contributed by atoms with Crippen molar-refractivity contribution >= 4 is 5.97 Å². The quantitative estimate of drug-likeness (QED) is 0.903. The number of hydrogen-bond donors (Lipinski definition) is 1. The molecule has 1 N–H and O–H groups in total. The Morgan fingerprint density at radius 1 is 1.50 bits per heavy atom. The van der Waals surface area contributed by atoms with Gasteiger partial charge in [0, 0.05) is 25.4 Å². The van der Waals surface area contributed by atoms with Gasteiger partial charge in [0.05, 0.1) is 12.0 Å². The maximum Gasteiger partial charge on any atom is 0.303 e. The van der Waals surface area contributed by atoms with Crippen molar-refractivity contribution in [1.82, 2.24) is 9.55 Å². The summed E-state index contributed by atoms with van der Waals surface area (Å²) in [5, 5.41) is 17.3. The number of carbonyl (C=O) groups is 1. The molecule has 0 aliphatic carbocycles. The number of nitrogens with zero attached hydrogens (tertiary/aromatic N) is 3. The standard InChI is InChI=1S/C14H12FN3O2/c15-12-7-10(1-2-11(12)8-16)9-18-6-5-17-13(18)3-4-14(19)20/h1-2,5-7H,3-4,9H2,(H,19,20). The molecule has 0 aliphatic rings. The van der Waals surface area contributed by atoms with E-state index in [0.717, 1.165) is 0 Å². The predicted molar refractivity (Wildman–Crippen MR) is 68.4 cm³/mol. The van der Waals surface area contributed by atoms with E-state index < -0.39 is 11.8 Å². The van der Waals surface area contributed by atoms with Gasteiger partial charge in [0.25, 0.3) is 0 Å². The second-order valence-electron chi connectivity index (χ2n) is 4.29. The molecule has 0 saturated heterocycles. The lowest BCUT2D eigenvalue weighted by atomic mass is 10.1. The normalized spacial score (nSPS) is 10.2. The predicted octanol–water partition coefficient (Wildman–Crippen LogP) is 1.96. The average molecular weight is 273 g/mol. The van der Waals surface area contributed by atoms with Crippen molar-refractivity contribution < 1.29 is 14.3 Å². The van der Waals surface area contributed by atoms with E-state index in [2.05, 4.69) is 4.98 Å². The van der Waals surface area contributed by atoms with Crippen LogP contribution in [0.4, 0.5) is 4.39 Å². The Morgan fingerprint density at radius 3 is 2.95 bits per heavy atom. The van der Waals surface area contributed by atoms with Crippen molar-refractivity contribution in [3.8, 4) is 6.07 Å². The number of nitriles is 1. The van der Waals surface area contributed by atoms with Crippen molar-refractivity contribution in [2.75, 3.05) is 0 Å². The number of imidazole rings is 1. The minimum atomic E-state index is -0.885. The first-order valence-corrected chi connectivity index (χ1v) is 6.00. The molecule has 2 rings (SSSR count). The number of halogens is 1. The fourth-order valence-electron chi connectivity index (χ4n) is 1.88. The summed E-state index contributed by atoms with van der Waals surface area (Å²) in [4.78, 5) is 14.7. The summed E-state index contributed by atoms with van der Waals surface area (Å²) in [7, 11) is 0. The van der Waals surface area contributed by atoms with E-state index in [1.54, 1.807) is 29.1 Å². The first-order chi connectivity index (χ1) is 9.60. The Hall–Kier alpha value is -2.68. The van der Waals surface area contributed by atoms with Crippen LogP contribution in [0, 0.1) is 17.1 Å². The third-order valence-electron chi connectivity index (χ3n) is 2.87. The molecule has 0 unspecified atom stereocenters. The van der Waals surface area contributed by atoms with Crippen molar-refractivity contribution in [3.63, 3.8) is 0 Å². The van der Waals surface area contributed by atoms with Crippen LogP contribution in [0.15, 0.2) is 30.6 Å². The van der Waals surface area contributed by atoms with E-state index in [0.29, 0.717) is 24.4 Å². The molecule has 1 aromatic carbocycles. The van der Waals surface area contributed by atoms with Crippen molar-refractivity contribution in [3.05, 3.63) is 53.4 Å². The van der Waals surface area contributed by atoms with Crippen LogP contribution >= 0.6 is 0 Å². The van der Waals surface area contributed by atoms with Gasteiger partial charge in [-0.2, -0.15) is 5.26 Å². The number of rotatable bonds is 5. The molecule has 102 valence electrons. The van der Waals surface area contributed by atoms with E-state index in [9.17, 15) is 9.18 Å². The first kappa shape index (κ1) is 13.7. The lowest BCUT2D eigenvalue weighted by Gasteiger charge is -2.07. The highest BCUT2D eigenvalue weighted by Gasteiger charge is 2.08. The van der Waals surface area contributed by atoms with Gasteiger partial charge in [-0.15, -0.1) is 0 Å². The van der Waals surface area contributed by atoms with Gasteiger partial charge in [-0.05, 0) is 17.7 Å². The lowest BCUT2D eigenvalue weighted by molar-refractivity contribution is -0.137. The summed E-state index contributed by atoms with van der Waals surface area (Å²) in [5.74, 6) is -0.807. The van der Waals surface area contributed by atoms with E-state index >= 15 is 0 Å². The first-order valence-electron chi connectivity index (χ1n) is 6.00. The van der Waals surface area contributed by atoms with Gasteiger partial charge in [-0.1, -0.05) is 6.07 Å². The van der Waals surface area contributed by atoms with Crippen molar-refractivity contribution in [1.29, 1.82) is 5.26 Å². The minimum Gasteiger partial charge on any atom is -0.481 e. The third-order valence-corrected chi connectivity index (χ3v) is 2.87. The molecule has 2 aromatic rings. The smallest absolute Gasteiger partial charge is 0.303 e. The lowest BCUT2D eigenvalue weighted by Crippen LogP contribution is -2.07. The Balaban J connectivity index is 2.14. The molecule has 20 heavy (non-hydrogen) atoms. The summed E-state index contributed by atoms with van der Waals surface area (Å²) in [6.45, 7) is 0.386. The molecule has 0 saturated carbocycles. The molecule has 0 bridgehead atoms. The summed E-state index contributed by atoms with van der Waals surface area (Å²) in [6, 6.07) is 6.17. The van der Waals surface area contributed by atoms with Gasteiger partial charge < -0.3 is 9.67 Å². The summed E-state index contributed by atoms with van der Waals surface area (Å²) in [5.41, 5.74) is 0.696. The fourth-order valence-corrected chi connectivity index (χ4v) is 1.88. The summed E-state index contributed by atoms with van der Waals surface area (Å²) in [6.07, 6.45) is 3.62. The highest BCUT2D eigenvalue weighted by molar-refractivity contribution is 5.66. The van der Waals surface area contributed by atoms with Crippen LogP contribution in [0.1, 0.15) is 23.4 Å². The number of aliphatic carboxylic acids is 1. The Labute approximate surface area is 114 Å². The van der Waals surface area contributed by atoms with Crippen LogP contribution in [-0.4, -0.2) is 20.6 Å². The van der Waals surface area contributed by atoms with Gasteiger partial charge in [0.15, 0.2) is 0 Å². The molecule has 5 nitrogen and oxygen atoms in total. The SMILES string of the molecule is N#Cc1ccc(Cn2ccnc2CCC(=O)O)cc1F. The van der Waals surface area contributed by atoms with E-state index in [4.69, 9.17) is 10.4 Å². The molecule has 6 heteroatoms. The van der Waals surface area contributed by atoms with Crippen LogP contribution < -0.4 is 0 Å². The van der Waals surface area contributed by atoms with E-state index in [1.165, 1.54) is 12.1 Å². The maximum atomic E-state index is 13.5. The van der Waals surface area contributed by atoms with Gasteiger partial charge in [0.1, 0.15) is 17.7 Å². The highest BCUT2D eigenvalue weighted by atomic mass is 19.1. The molecule has 0 atom stereocenters. The largest absolute Gasteiger partial charge is 0.481 e. The molecule has 0 radical (unpaired) electrons.